The summed E-state index contributed by atoms with van der Waals surface area (Å²) >= 11 is 0. The lowest BCUT2D eigenvalue weighted by Crippen LogP contribution is -2.27. The predicted octanol–water partition coefficient (Wildman–Crippen LogP) is 1.97. The molecule has 1 fully saturated rings. The van der Waals surface area contributed by atoms with Gasteiger partial charge >= 0.3 is 0 Å². The normalized spacial score (nSPS) is 16.9. The minimum atomic E-state index is -0.379. The van der Waals surface area contributed by atoms with Gasteiger partial charge in [0.25, 0.3) is 5.91 Å². The van der Waals surface area contributed by atoms with Gasteiger partial charge < -0.3 is 20.1 Å². The van der Waals surface area contributed by atoms with Crippen LogP contribution < -0.4 is 20.1 Å². The summed E-state index contributed by atoms with van der Waals surface area (Å²) in [7, 11) is 0. The largest absolute Gasteiger partial charge is 0.454 e. The minimum absolute atomic E-state index is 0.0950. The van der Waals surface area contributed by atoms with Gasteiger partial charge in [0.15, 0.2) is 11.5 Å². The van der Waals surface area contributed by atoms with Gasteiger partial charge in [-0.2, -0.15) is 5.26 Å². The van der Waals surface area contributed by atoms with Crippen molar-refractivity contribution in [1.82, 2.24) is 10.6 Å². The number of nitriles is 1. The van der Waals surface area contributed by atoms with Crippen LogP contribution >= 0.6 is 0 Å². The van der Waals surface area contributed by atoms with Crippen LogP contribution in [0.1, 0.15) is 31.2 Å². The second-order valence-electron chi connectivity index (χ2n) is 5.69. The summed E-state index contributed by atoms with van der Waals surface area (Å²) in [5, 5.41) is 15.1. The molecule has 1 aliphatic carbocycles. The first kappa shape index (κ1) is 15.2. The number of hydrogen-bond acceptors (Lipinski definition) is 5. The number of ether oxygens (including phenoxy) is 2. The van der Waals surface area contributed by atoms with Crippen molar-refractivity contribution >= 4 is 5.91 Å². The highest BCUT2D eigenvalue weighted by Crippen LogP contribution is 2.32. The van der Waals surface area contributed by atoms with Crippen molar-refractivity contribution in [1.29, 1.82) is 5.26 Å². The third kappa shape index (κ3) is 3.75. The highest BCUT2D eigenvalue weighted by molar-refractivity contribution is 5.97. The number of fused-ring (bicyclic) bond motifs is 1. The maximum absolute atomic E-state index is 12.1. The van der Waals surface area contributed by atoms with Gasteiger partial charge in [-0.15, -0.1) is 0 Å². The summed E-state index contributed by atoms with van der Waals surface area (Å²) in [5.74, 6) is 1.00. The molecule has 0 radical (unpaired) electrons. The second-order valence-corrected chi connectivity index (χ2v) is 5.69. The molecule has 2 N–H and O–H groups in total. The minimum Gasteiger partial charge on any atom is -0.454 e. The molecule has 2 aliphatic rings. The van der Waals surface area contributed by atoms with E-state index in [9.17, 15) is 4.79 Å². The van der Waals surface area contributed by atoms with Crippen LogP contribution in [0.4, 0.5) is 0 Å². The molecule has 3 rings (SSSR count). The average Bonchev–Trinajstić information content (AvgIpc) is 3.24. The summed E-state index contributed by atoms with van der Waals surface area (Å²) in [6.45, 7) is 0.553. The van der Waals surface area contributed by atoms with E-state index < -0.39 is 0 Å². The van der Waals surface area contributed by atoms with Crippen LogP contribution in [-0.4, -0.2) is 18.7 Å². The molecule has 6 nitrogen and oxygen atoms in total. The zero-order valence-corrected chi connectivity index (χ0v) is 12.8. The fourth-order valence-electron chi connectivity index (χ4n) is 2.77. The first-order chi connectivity index (χ1) is 11.3. The van der Waals surface area contributed by atoms with E-state index in [1.807, 2.05) is 24.3 Å². The summed E-state index contributed by atoms with van der Waals surface area (Å²) in [6, 6.07) is 7.82. The van der Waals surface area contributed by atoms with Crippen molar-refractivity contribution in [2.45, 2.75) is 38.3 Å². The first-order valence-electron chi connectivity index (χ1n) is 7.79. The van der Waals surface area contributed by atoms with Gasteiger partial charge in [-0.05, 0) is 30.5 Å². The number of benzene rings is 1. The first-order valence-corrected chi connectivity index (χ1v) is 7.79. The fourth-order valence-corrected chi connectivity index (χ4v) is 2.77. The molecular weight excluding hydrogens is 294 g/mol. The van der Waals surface area contributed by atoms with Crippen LogP contribution in [0, 0.1) is 11.3 Å². The van der Waals surface area contributed by atoms with E-state index in [1.165, 1.54) is 19.0 Å². The van der Waals surface area contributed by atoms with Crippen molar-refractivity contribution in [2.75, 3.05) is 6.79 Å². The Bertz CT molecular complexity index is 658. The molecular formula is C17H19N3O3. The highest BCUT2D eigenvalue weighted by Gasteiger charge is 2.16. The van der Waals surface area contributed by atoms with Crippen molar-refractivity contribution in [3.8, 4) is 17.6 Å². The van der Waals surface area contributed by atoms with Gasteiger partial charge in [0.1, 0.15) is 11.6 Å². The van der Waals surface area contributed by atoms with Crippen LogP contribution in [0.2, 0.25) is 0 Å². The highest BCUT2D eigenvalue weighted by atomic mass is 16.7. The molecule has 0 atom stereocenters. The Kier molecular flexibility index (Phi) is 4.67. The molecule has 0 saturated heterocycles. The Morgan fingerprint density at radius 1 is 1.30 bits per heavy atom. The van der Waals surface area contributed by atoms with Crippen LogP contribution in [0.25, 0.3) is 0 Å². The summed E-state index contributed by atoms with van der Waals surface area (Å²) in [5.41, 5.74) is 0.987. The number of nitrogens with one attached hydrogen (secondary N) is 2. The van der Waals surface area contributed by atoms with Crippen molar-refractivity contribution in [3.63, 3.8) is 0 Å². The Balaban J connectivity index is 1.55. The number of hydrogen-bond donors (Lipinski definition) is 2. The van der Waals surface area contributed by atoms with Crippen LogP contribution in [-0.2, 0) is 11.3 Å². The zero-order chi connectivity index (χ0) is 16.1. The Morgan fingerprint density at radius 3 is 2.87 bits per heavy atom. The molecule has 23 heavy (non-hydrogen) atoms. The quantitative estimate of drug-likeness (QED) is 0.641. The molecule has 1 aromatic rings. The Morgan fingerprint density at radius 2 is 2.09 bits per heavy atom. The van der Waals surface area contributed by atoms with Gasteiger partial charge in [-0.3, -0.25) is 4.79 Å². The third-order valence-electron chi connectivity index (χ3n) is 4.07. The van der Waals surface area contributed by atoms with Crippen molar-refractivity contribution in [2.24, 2.45) is 0 Å². The molecule has 0 bridgehead atoms. The van der Waals surface area contributed by atoms with E-state index in [0.717, 1.165) is 18.4 Å². The molecule has 1 aliphatic heterocycles. The summed E-state index contributed by atoms with van der Waals surface area (Å²) in [4.78, 5) is 12.1. The Hall–Kier alpha value is -2.68. The molecule has 0 unspecified atom stereocenters. The number of carbonyl (C=O) groups excluding carboxylic acids is 1. The van der Waals surface area contributed by atoms with Gasteiger partial charge in [-0.1, -0.05) is 18.9 Å². The second kappa shape index (κ2) is 7.05. The maximum atomic E-state index is 12.1. The van der Waals surface area contributed by atoms with Crippen LogP contribution in [0.5, 0.6) is 11.5 Å². The van der Waals surface area contributed by atoms with Crippen LogP contribution in [0.15, 0.2) is 30.0 Å². The lowest BCUT2D eigenvalue weighted by Gasteiger charge is -2.10. The molecule has 120 valence electrons. The molecule has 1 aromatic carbocycles. The van der Waals surface area contributed by atoms with E-state index in [0.29, 0.717) is 24.1 Å². The third-order valence-corrected chi connectivity index (χ3v) is 4.07. The summed E-state index contributed by atoms with van der Waals surface area (Å²) in [6.07, 6.45) is 6.11. The zero-order valence-electron chi connectivity index (χ0n) is 12.8. The van der Waals surface area contributed by atoms with E-state index in [2.05, 4.69) is 10.6 Å². The van der Waals surface area contributed by atoms with Gasteiger partial charge in [0, 0.05) is 18.8 Å². The maximum Gasteiger partial charge on any atom is 0.263 e. The smallest absolute Gasteiger partial charge is 0.263 e. The van der Waals surface area contributed by atoms with Gasteiger partial charge in [0.2, 0.25) is 6.79 Å². The standard InChI is InChI=1S/C17H19N3O3/c18-8-13(10-19-14-3-1-2-4-14)17(21)20-9-12-5-6-15-16(7-12)23-11-22-15/h5-7,10,14,19H,1-4,9,11H2,(H,20,21)/b13-10-. The number of carbonyl (C=O) groups is 1. The average molecular weight is 313 g/mol. The number of amides is 1. The molecule has 0 spiro atoms. The van der Waals surface area contributed by atoms with E-state index in [4.69, 9.17) is 14.7 Å². The predicted molar refractivity (Wildman–Crippen MR) is 83.5 cm³/mol. The van der Waals surface area contributed by atoms with Crippen molar-refractivity contribution < 1.29 is 14.3 Å². The topological polar surface area (TPSA) is 83.4 Å². The Labute approximate surface area is 135 Å². The van der Waals surface area contributed by atoms with Crippen molar-refractivity contribution in [3.05, 3.63) is 35.5 Å². The van der Waals surface area contributed by atoms with E-state index in [-0.39, 0.29) is 18.3 Å². The number of rotatable bonds is 5. The molecule has 1 saturated carbocycles. The summed E-state index contributed by atoms with van der Waals surface area (Å²) < 4.78 is 10.5. The lowest BCUT2D eigenvalue weighted by molar-refractivity contribution is -0.117. The van der Waals surface area contributed by atoms with Gasteiger partial charge in [0.05, 0.1) is 0 Å². The molecule has 0 aromatic heterocycles. The molecule has 1 heterocycles. The SMILES string of the molecule is N#C/C(=C/NC1CCCC1)C(=O)NCc1ccc2c(c1)OCO2. The monoisotopic (exact) mass is 313 g/mol. The molecule has 6 heteroatoms. The van der Waals surface area contributed by atoms with Gasteiger partial charge in [-0.25, -0.2) is 0 Å². The lowest BCUT2D eigenvalue weighted by atomic mass is 10.2. The molecule has 1 amide bonds. The number of nitrogens with zero attached hydrogens (tertiary/aromatic N) is 1. The van der Waals surface area contributed by atoms with Crippen LogP contribution in [0.3, 0.4) is 0 Å². The fraction of sp³-hybridized carbons (Fsp3) is 0.412. The van der Waals surface area contributed by atoms with E-state index in [1.54, 1.807) is 0 Å². The van der Waals surface area contributed by atoms with E-state index >= 15 is 0 Å².